The van der Waals surface area contributed by atoms with Crippen LogP contribution in [0.15, 0.2) is 27.2 Å². The predicted molar refractivity (Wildman–Crippen MR) is 95.5 cm³/mol. The van der Waals surface area contributed by atoms with Crippen molar-refractivity contribution >= 4 is 33.2 Å². The largest absolute Gasteiger partial charge is 0.378 e. The molecule has 2 heterocycles. The van der Waals surface area contributed by atoms with E-state index in [1.165, 1.54) is 0 Å². The Labute approximate surface area is 149 Å². The van der Waals surface area contributed by atoms with Gasteiger partial charge in [-0.3, -0.25) is 4.79 Å². The average Bonchev–Trinajstić information content (AvgIpc) is 2.88. The molecule has 0 aliphatic carbocycles. The zero-order valence-electron chi connectivity index (χ0n) is 13.8. The van der Waals surface area contributed by atoms with Gasteiger partial charge in [0.1, 0.15) is 5.76 Å². The summed E-state index contributed by atoms with van der Waals surface area (Å²) in [6, 6.07) is 5.92. The number of anilines is 2. The molecule has 1 saturated heterocycles. The molecule has 0 spiro atoms. The van der Waals surface area contributed by atoms with Gasteiger partial charge in [0.05, 0.1) is 36.7 Å². The molecule has 128 valence electrons. The van der Waals surface area contributed by atoms with Crippen LogP contribution in [0.3, 0.4) is 0 Å². The number of hydrogen-bond acceptors (Lipinski definition) is 5. The second kappa shape index (κ2) is 7.36. The summed E-state index contributed by atoms with van der Waals surface area (Å²) >= 11 is 3.47. The maximum atomic E-state index is 12.5. The number of benzene rings is 1. The highest BCUT2D eigenvalue weighted by molar-refractivity contribution is 9.10. The van der Waals surface area contributed by atoms with Crippen LogP contribution in [-0.2, 0) is 16.0 Å². The number of halogens is 1. The van der Waals surface area contributed by atoms with Crippen LogP contribution in [0.4, 0.5) is 11.4 Å². The van der Waals surface area contributed by atoms with Crippen molar-refractivity contribution in [1.82, 2.24) is 5.16 Å². The molecular formula is C17H20BrN3O3. The highest BCUT2D eigenvalue weighted by atomic mass is 79.9. The van der Waals surface area contributed by atoms with Crippen molar-refractivity contribution in [2.75, 3.05) is 36.5 Å². The minimum atomic E-state index is -0.0861. The number of carbonyl (C=O) groups excluding carboxylic acids is 1. The quantitative estimate of drug-likeness (QED) is 0.864. The van der Waals surface area contributed by atoms with E-state index in [2.05, 4.69) is 31.3 Å². The molecule has 0 unspecified atom stereocenters. The van der Waals surface area contributed by atoms with Crippen LogP contribution in [0, 0.1) is 13.8 Å². The van der Waals surface area contributed by atoms with E-state index >= 15 is 0 Å². The van der Waals surface area contributed by atoms with Crippen molar-refractivity contribution in [2.45, 2.75) is 20.3 Å². The topological polar surface area (TPSA) is 67.6 Å². The van der Waals surface area contributed by atoms with Crippen LogP contribution in [0.1, 0.15) is 17.0 Å². The number of rotatable bonds is 4. The zero-order chi connectivity index (χ0) is 17.1. The number of ether oxygens (including phenoxy) is 1. The molecule has 1 aliphatic rings. The van der Waals surface area contributed by atoms with Crippen LogP contribution in [0.25, 0.3) is 0 Å². The van der Waals surface area contributed by atoms with E-state index in [-0.39, 0.29) is 12.3 Å². The number of aromatic nitrogens is 1. The molecule has 24 heavy (non-hydrogen) atoms. The van der Waals surface area contributed by atoms with Gasteiger partial charge in [-0.2, -0.15) is 0 Å². The molecule has 1 N–H and O–H groups in total. The van der Waals surface area contributed by atoms with Crippen molar-refractivity contribution in [2.24, 2.45) is 0 Å². The SMILES string of the molecule is Cc1noc(C)c1CC(=O)Nc1cc(Br)ccc1N1CCOCC1. The summed E-state index contributed by atoms with van der Waals surface area (Å²) in [6.45, 7) is 6.69. The first-order valence-electron chi connectivity index (χ1n) is 7.88. The summed E-state index contributed by atoms with van der Waals surface area (Å²) in [4.78, 5) is 14.7. The number of nitrogens with one attached hydrogen (secondary N) is 1. The summed E-state index contributed by atoms with van der Waals surface area (Å²) < 4.78 is 11.5. The lowest BCUT2D eigenvalue weighted by atomic mass is 10.1. The molecule has 1 fully saturated rings. The molecular weight excluding hydrogens is 374 g/mol. The van der Waals surface area contributed by atoms with Crippen LogP contribution >= 0.6 is 15.9 Å². The Morgan fingerprint density at radius 1 is 1.33 bits per heavy atom. The summed E-state index contributed by atoms with van der Waals surface area (Å²) in [5.41, 5.74) is 3.40. The fraction of sp³-hybridized carbons (Fsp3) is 0.412. The summed E-state index contributed by atoms with van der Waals surface area (Å²) in [7, 11) is 0. The molecule has 2 aromatic rings. The Bertz CT molecular complexity index is 719. The Morgan fingerprint density at radius 2 is 2.08 bits per heavy atom. The Kier molecular flexibility index (Phi) is 5.20. The van der Waals surface area contributed by atoms with Gasteiger partial charge >= 0.3 is 0 Å². The van der Waals surface area contributed by atoms with Gasteiger partial charge in [0.15, 0.2) is 0 Å². The molecule has 1 amide bonds. The molecule has 7 heteroatoms. The zero-order valence-corrected chi connectivity index (χ0v) is 15.4. The predicted octanol–water partition coefficient (Wildman–Crippen LogP) is 3.07. The van der Waals surface area contributed by atoms with E-state index in [1.807, 2.05) is 32.0 Å². The summed E-state index contributed by atoms with van der Waals surface area (Å²) in [6.07, 6.45) is 0.246. The maximum absolute atomic E-state index is 12.5. The second-order valence-corrected chi connectivity index (χ2v) is 6.70. The molecule has 0 bridgehead atoms. The fourth-order valence-corrected chi connectivity index (χ4v) is 3.16. The van der Waals surface area contributed by atoms with Crippen LogP contribution in [0.5, 0.6) is 0 Å². The van der Waals surface area contributed by atoms with Crippen molar-refractivity contribution < 1.29 is 14.1 Å². The summed E-state index contributed by atoms with van der Waals surface area (Å²) in [5.74, 6) is 0.599. The van der Waals surface area contributed by atoms with E-state index in [9.17, 15) is 4.79 Å². The first-order valence-corrected chi connectivity index (χ1v) is 8.67. The number of aryl methyl sites for hydroxylation is 2. The third-order valence-electron chi connectivity index (χ3n) is 4.10. The first-order chi connectivity index (χ1) is 11.5. The van der Waals surface area contributed by atoms with Crippen LogP contribution in [0.2, 0.25) is 0 Å². The minimum Gasteiger partial charge on any atom is -0.378 e. The molecule has 0 radical (unpaired) electrons. The lowest BCUT2D eigenvalue weighted by Crippen LogP contribution is -2.36. The van der Waals surface area contributed by atoms with Gasteiger partial charge in [0, 0.05) is 23.1 Å². The first kappa shape index (κ1) is 17.0. The molecule has 1 aromatic carbocycles. The van der Waals surface area contributed by atoms with E-state index in [0.717, 1.165) is 40.2 Å². The normalized spacial score (nSPS) is 14.7. The van der Waals surface area contributed by atoms with Gasteiger partial charge in [-0.1, -0.05) is 21.1 Å². The van der Waals surface area contributed by atoms with Crippen molar-refractivity contribution in [1.29, 1.82) is 0 Å². The van der Waals surface area contributed by atoms with Crippen molar-refractivity contribution in [3.8, 4) is 0 Å². The third kappa shape index (κ3) is 3.79. The van der Waals surface area contributed by atoms with Crippen molar-refractivity contribution in [3.63, 3.8) is 0 Å². The molecule has 3 rings (SSSR count). The minimum absolute atomic E-state index is 0.0861. The van der Waals surface area contributed by atoms with E-state index in [4.69, 9.17) is 9.26 Å². The summed E-state index contributed by atoms with van der Waals surface area (Å²) in [5, 5.41) is 6.92. The smallest absolute Gasteiger partial charge is 0.229 e. The van der Waals surface area contributed by atoms with E-state index in [1.54, 1.807) is 0 Å². The fourth-order valence-electron chi connectivity index (χ4n) is 2.80. The van der Waals surface area contributed by atoms with Gasteiger partial charge in [0.25, 0.3) is 0 Å². The number of morpholine rings is 1. The van der Waals surface area contributed by atoms with E-state index in [0.29, 0.717) is 19.0 Å². The molecule has 0 saturated carbocycles. The molecule has 6 nitrogen and oxygen atoms in total. The standard InChI is InChI=1S/C17H20BrN3O3/c1-11-14(12(2)24-20-11)10-17(22)19-15-9-13(18)3-4-16(15)21-5-7-23-8-6-21/h3-4,9H,5-8,10H2,1-2H3,(H,19,22). The van der Waals surface area contributed by atoms with Gasteiger partial charge in [0.2, 0.25) is 5.91 Å². The van der Waals surface area contributed by atoms with Gasteiger partial charge in [-0.25, -0.2) is 0 Å². The van der Waals surface area contributed by atoms with Gasteiger partial charge in [-0.15, -0.1) is 0 Å². The monoisotopic (exact) mass is 393 g/mol. The Balaban J connectivity index is 1.78. The Hall–Kier alpha value is -1.86. The number of amides is 1. The number of nitrogens with zero attached hydrogens (tertiary/aromatic N) is 2. The molecule has 0 atom stereocenters. The highest BCUT2D eigenvalue weighted by Gasteiger charge is 2.18. The number of hydrogen-bond donors (Lipinski definition) is 1. The maximum Gasteiger partial charge on any atom is 0.229 e. The third-order valence-corrected chi connectivity index (χ3v) is 4.60. The van der Waals surface area contributed by atoms with Crippen LogP contribution < -0.4 is 10.2 Å². The number of carbonyl (C=O) groups is 1. The van der Waals surface area contributed by atoms with Crippen molar-refractivity contribution in [3.05, 3.63) is 39.7 Å². The second-order valence-electron chi connectivity index (χ2n) is 5.79. The molecule has 1 aliphatic heterocycles. The highest BCUT2D eigenvalue weighted by Crippen LogP contribution is 2.30. The molecule has 1 aromatic heterocycles. The van der Waals surface area contributed by atoms with Gasteiger partial charge < -0.3 is 19.5 Å². The lowest BCUT2D eigenvalue weighted by molar-refractivity contribution is -0.115. The van der Waals surface area contributed by atoms with Gasteiger partial charge in [-0.05, 0) is 32.0 Å². The van der Waals surface area contributed by atoms with E-state index < -0.39 is 0 Å². The Morgan fingerprint density at radius 3 is 2.75 bits per heavy atom. The lowest BCUT2D eigenvalue weighted by Gasteiger charge is -2.30. The average molecular weight is 394 g/mol. The van der Waals surface area contributed by atoms with Crippen LogP contribution in [-0.4, -0.2) is 37.4 Å².